The Kier molecular flexibility index (Phi) is 2.91. The third kappa shape index (κ3) is 1.87. The van der Waals surface area contributed by atoms with Gasteiger partial charge < -0.3 is 9.84 Å². The molecule has 3 nitrogen and oxygen atoms in total. The molecule has 0 aliphatic carbocycles. The van der Waals surface area contributed by atoms with E-state index in [2.05, 4.69) is 4.98 Å². The van der Waals surface area contributed by atoms with Gasteiger partial charge in [0.25, 0.3) is 0 Å². The number of pyridine rings is 1. The van der Waals surface area contributed by atoms with Gasteiger partial charge in [-0.25, -0.2) is 0 Å². The maximum Gasteiger partial charge on any atom is 0.176 e. The number of aryl methyl sites for hydroxylation is 1. The van der Waals surface area contributed by atoms with E-state index in [0.717, 1.165) is 12.1 Å². The molecule has 66 valence electrons. The van der Waals surface area contributed by atoms with Crippen molar-refractivity contribution in [3.8, 4) is 11.5 Å². The summed E-state index contributed by atoms with van der Waals surface area (Å²) in [5.41, 5.74) is 0.927. The SMILES string of the molecule is CCOc1cc(CC)ncc1O. The lowest BCUT2D eigenvalue weighted by molar-refractivity contribution is 0.316. The van der Waals surface area contributed by atoms with Crippen LogP contribution in [-0.2, 0) is 6.42 Å². The summed E-state index contributed by atoms with van der Waals surface area (Å²) in [4.78, 5) is 4.01. The van der Waals surface area contributed by atoms with Gasteiger partial charge in [0.2, 0.25) is 0 Å². The molecule has 0 radical (unpaired) electrons. The predicted molar refractivity (Wildman–Crippen MR) is 46.4 cm³/mol. The molecule has 0 aliphatic rings. The minimum absolute atomic E-state index is 0.106. The standard InChI is InChI=1S/C9H13NO2/c1-3-7-5-9(12-4-2)8(11)6-10-7/h5-6,11H,3-4H2,1-2H3. The fourth-order valence-corrected chi connectivity index (χ4v) is 0.935. The number of ether oxygens (including phenoxy) is 1. The molecule has 1 rings (SSSR count). The summed E-state index contributed by atoms with van der Waals surface area (Å²) in [6, 6.07) is 1.76. The van der Waals surface area contributed by atoms with Crippen molar-refractivity contribution in [1.29, 1.82) is 0 Å². The molecule has 3 heteroatoms. The topological polar surface area (TPSA) is 42.4 Å². The van der Waals surface area contributed by atoms with Crippen molar-refractivity contribution in [1.82, 2.24) is 4.98 Å². The molecule has 12 heavy (non-hydrogen) atoms. The van der Waals surface area contributed by atoms with Gasteiger partial charge in [0, 0.05) is 11.8 Å². The van der Waals surface area contributed by atoms with E-state index in [9.17, 15) is 5.11 Å². The van der Waals surface area contributed by atoms with Gasteiger partial charge in [-0.1, -0.05) is 6.92 Å². The quantitative estimate of drug-likeness (QED) is 0.745. The van der Waals surface area contributed by atoms with Crippen LogP contribution >= 0.6 is 0 Å². The van der Waals surface area contributed by atoms with Gasteiger partial charge in [-0.3, -0.25) is 4.98 Å². The zero-order chi connectivity index (χ0) is 8.97. The minimum Gasteiger partial charge on any atom is -0.503 e. The second kappa shape index (κ2) is 3.95. The first kappa shape index (κ1) is 8.84. The van der Waals surface area contributed by atoms with Gasteiger partial charge in [0.05, 0.1) is 12.8 Å². The smallest absolute Gasteiger partial charge is 0.176 e. The van der Waals surface area contributed by atoms with Gasteiger partial charge in [0.1, 0.15) is 0 Å². The van der Waals surface area contributed by atoms with Crippen molar-refractivity contribution in [2.24, 2.45) is 0 Å². The van der Waals surface area contributed by atoms with E-state index in [1.165, 1.54) is 6.20 Å². The Morgan fingerprint density at radius 2 is 2.25 bits per heavy atom. The fourth-order valence-electron chi connectivity index (χ4n) is 0.935. The van der Waals surface area contributed by atoms with Crippen molar-refractivity contribution < 1.29 is 9.84 Å². The van der Waals surface area contributed by atoms with Crippen LogP contribution in [0.4, 0.5) is 0 Å². The van der Waals surface area contributed by atoms with E-state index in [1.807, 2.05) is 13.8 Å². The lowest BCUT2D eigenvalue weighted by Gasteiger charge is -2.05. The summed E-state index contributed by atoms with van der Waals surface area (Å²) in [6.45, 7) is 4.45. The minimum atomic E-state index is 0.106. The molecule has 0 aliphatic heterocycles. The lowest BCUT2D eigenvalue weighted by Crippen LogP contribution is -1.94. The van der Waals surface area contributed by atoms with Crippen LogP contribution in [0.25, 0.3) is 0 Å². The molecule has 0 saturated carbocycles. The highest BCUT2D eigenvalue weighted by Gasteiger charge is 2.02. The molecule has 0 fully saturated rings. The second-order valence-corrected chi connectivity index (χ2v) is 2.43. The summed E-state index contributed by atoms with van der Waals surface area (Å²) in [5.74, 6) is 0.624. The Bertz CT molecular complexity index is 261. The predicted octanol–water partition coefficient (Wildman–Crippen LogP) is 1.75. The van der Waals surface area contributed by atoms with Crippen LogP contribution < -0.4 is 4.74 Å². The van der Waals surface area contributed by atoms with Gasteiger partial charge in [-0.15, -0.1) is 0 Å². The van der Waals surface area contributed by atoms with Crippen molar-refractivity contribution in [3.63, 3.8) is 0 Å². The van der Waals surface area contributed by atoms with Crippen LogP contribution in [0.1, 0.15) is 19.5 Å². The number of hydrogen-bond donors (Lipinski definition) is 1. The first-order chi connectivity index (χ1) is 5.77. The average Bonchev–Trinajstić information content (AvgIpc) is 2.09. The molecule has 1 heterocycles. The van der Waals surface area contributed by atoms with E-state index in [-0.39, 0.29) is 5.75 Å². The van der Waals surface area contributed by atoms with E-state index in [1.54, 1.807) is 6.07 Å². The maximum atomic E-state index is 9.27. The van der Waals surface area contributed by atoms with Gasteiger partial charge >= 0.3 is 0 Å². The fraction of sp³-hybridized carbons (Fsp3) is 0.444. The molecule has 0 spiro atoms. The van der Waals surface area contributed by atoms with Crippen molar-refractivity contribution in [2.75, 3.05) is 6.61 Å². The van der Waals surface area contributed by atoms with Crippen molar-refractivity contribution >= 4 is 0 Å². The first-order valence-electron chi connectivity index (χ1n) is 4.08. The molecule has 0 bridgehead atoms. The Balaban J connectivity index is 2.91. The Hall–Kier alpha value is -1.25. The monoisotopic (exact) mass is 167 g/mol. The van der Waals surface area contributed by atoms with Crippen LogP contribution in [0.5, 0.6) is 11.5 Å². The summed E-state index contributed by atoms with van der Waals surface area (Å²) < 4.78 is 5.19. The van der Waals surface area contributed by atoms with E-state index in [4.69, 9.17) is 4.74 Å². The Labute approximate surface area is 72.0 Å². The van der Waals surface area contributed by atoms with Gasteiger partial charge in [0.15, 0.2) is 11.5 Å². The number of nitrogens with zero attached hydrogens (tertiary/aromatic N) is 1. The van der Waals surface area contributed by atoms with Gasteiger partial charge in [-0.2, -0.15) is 0 Å². The van der Waals surface area contributed by atoms with Crippen LogP contribution in [0, 0.1) is 0 Å². The molecule has 1 aromatic rings. The summed E-state index contributed by atoms with van der Waals surface area (Å²) in [6.07, 6.45) is 2.27. The molecular formula is C9H13NO2. The molecular weight excluding hydrogens is 154 g/mol. The van der Waals surface area contributed by atoms with E-state index >= 15 is 0 Å². The zero-order valence-electron chi connectivity index (χ0n) is 7.37. The average molecular weight is 167 g/mol. The number of aromatic nitrogens is 1. The van der Waals surface area contributed by atoms with E-state index < -0.39 is 0 Å². The molecule has 0 unspecified atom stereocenters. The molecule has 0 atom stereocenters. The summed E-state index contributed by atoms with van der Waals surface area (Å²) in [5, 5.41) is 9.27. The molecule has 1 N–H and O–H groups in total. The number of rotatable bonds is 3. The Morgan fingerprint density at radius 1 is 1.50 bits per heavy atom. The zero-order valence-corrected chi connectivity index (χ0v) is 7.37. The van der Waals surface area contributed by atoms with Crippen molar-refractivity contribution in [3.05, 3.63) is 18.0 Å². The normalized spacial score (nSPS) is 9.83. The van der Waals surface area contributed by atoms with E-state index in [0.29, 0.717) is 12.4 Å². The van der Waals surface area contributed by atoms with Crippen molar-refractivity contribution in [2.45, 2.75) is 20.3 Å². The lowest BCUT2D eigenvalue weighted by atomic mass is 10.3. The highest BCUT2D eigenvalue weighted by Crippen LogP contribution is 2.24. The Morgan fingerprint density at radius 3 is 2.83 bits per heavy atom. The molecule has 0 amide bonds. The highest BCUT2D eigenvalue weighted by molar-refractivity contribution is 5.37. The van der Waals surface area contributed by atoms with Gasteiger partial charge in [-0.05, 0) is 13.3 Å². The molecule has 0 aromatic carbocycles. The first-order valence-corrected chi connectivity index (χ1v) is 4.08. The summed E-state index contributed by atoms with van der Waals surface area (Å²) >= 11 is 0. The highest BCUT2D eigenvalue weighted by atomic mass is 16.5. The third-order valence-electron chi connectivity index (χ3n) is 1.56. The summed E-state index contributed by atoms with van der Waals surface area (Å²) in [7, 11) is 0. The number of aromatic hydroxyl groups is 1. The number of hydrogen-bond acceptors (Lipinski definition) is 3. The van der Waals surface area contributed by atoms with Crippen LogP contribution in [-0.4, -0.2) is 16.7 Å². The largest absolute Gasteiger partial charge is 0.503 e. The molecule has 0 saturated heterocycles. The molecule has 1 aromatic heterocycles. The maximum absolute atomic E-state index is 9.27. The third-order valence-corrected chi connectivity index (χ3v) is 1.56. The second-order valence-electron chi connectivity index (χ2n) is 2.43. The van der Waals surface area contributed by atoms with Crippen LogP contribution in [0.2, 0.25) is 0 Å². The van der Waals surface area contributed by atoms with Crippen LogP contribution in [0.15, 0.2) is 12.3 Å². The van der Waals surface area contributed by atoms with Crippen LogP contribution in [0.3, 0.4) is 0 Å².